The lowest BCUT2D eigenvalue weighted by Gasteiger charge is -2.17. The molecule has 0 radical (unpaired) electrons. The van der Waals surface area contributed by atoms with Gasteiger partial charge in [0, 0.05) is 22.9 Å². The van der Waals surface area contributed by atoms with Crippen molar-refractivity contribution in [1.82, 2.24) is 0 Å². The molecule has 0 aromatic heterocycles. The molecular weight excluding hydrogens is 384 g/mol. The fraction of sp³-hybridized carbons (Fsp3) is 0.391. The molecule has 0 aliphatic carbocycles. The van der Waals surface area contributed by atoms with Crippen molar-refractivity contribution in [1.29, 1.82) is 0 Å². The highest BCUT2D eigenvalue weighted by Gasteiger charge is 2.18. The molecule has 2 aromatic carbocycles. The number of ether oxygens (including phenoxy) is 3. The topological polar surface area (TPSA) is 85.9 Å². The molecule has 0 spiro atoms. The van der Waals surface area contributed by atoms with Crippen LogP contribution in [0.5, 0.6) is 17.2 Å². The van der Waals surface area contributed by atoms with Gasteiger partial charge in [0.1, 0.15) is 0 Å². The monoisotopic (exact) mass is 414 g/mol. The van der Waals surface area contributed by atoms with Crippen molar-refractivity contribution in [3.8, 4) is 17.2 Å². The Morgan fingerprint density at radius 1 is 0.833 bits per heavy atom. The SMILES string of the molecule is CCOc1cc(C(=O)Nc2cccc(NC(=O)C(C)C)c2)cc(OCC)c1OCC. The molecule has 0 saturated carbocycles. The zero-order valence-electron chi connectivity index (χ0n) is 18.2. The number of carbonyl (C=O) groups is 2. The average molecular weight is 415 g/mol. The largest absolute Gasteiger partial charge is 0.490 e. The summed E-state index contributed by atoms with van der Waals surface area (Å²) in [7, 11) is 0. The van der Waals surface area contributed by atoms with Crippen LogP contribution in [0.4, 0.5) is 11.4 Å². The van der Waals surface area contributed by atoms with Gasteiger partial charge in [-0.05, 0) is 51.1 Å². The van der Waals surface area contributed by atoms with Gasteiger partial charge in [-0.2, -0.15) is 0 Å². The van der Waals surface area contributed by atoms with Crippen molar-refractivity contribution < 1.29 is 23.8 Å². The highest BCUT2D eigenvalue weighted by atomic mass is 16.5. The highest BCUT2D eigenvalue weighted by Crippen LogP contribution is 2.39. The van der Waals surface area contributed by atoms with E-state index in [1.165, 1.54) is 0 Å². The van der Waals surface area contributed by atoms with Gasteiger partial charge < -0.3 is 24.8 Å². The first-order valence-corrected chi connectivity index (χ1v) is 10.2. The number of carbonyl (C=O) groups excluding carboxylic acids is 2. The number of benzene rings is 2. The Hall–Kier alpha value is -3.22. The molecule has 2 rings (SSSR count). The maximum absolute atomic E-state index is 12.9. The van der Waals surface area contributed by atoms with E-state index in [-0.39, 0.29) is 17.7 Å². The average Bonchev–Trinajstić information content (AvgIpc) is 2.70. The van der Waals surface area contributed by atoms with Crippen LogP contribution in [0.15, 0.2) is 36.4 Å². The molecule has 0 aliphatic heterocycles. The smallest absolute Gasteiger partial charge is 0.255 e. The minimum absolute atomic E-state index is 0.0901. The van der Waals surface area contributed by atoms with Gasteiger partial charge >= 0.3 is 0 Å². The molecule has 0 fully saturated rings. The standard InChI is InChI=1S/C23H30N2O5/c1-6-28-19-12-16(13-20(29-7-2)21(19)30-8-3)23(27)25-18-11-9-10-17(14-18)24-22(26)15(4)5/h9-15H,6-8H2,1-5H3,(H,24,26)(H,25,27). The van der Waals surface area contributed by atoms with Gasteiger partial charge in [-0.25, -0.2) is 0 Å². The van der Waals surface area contributed by atoms with E-state index in [9.17, 15) is 9.59 Å². The number of hydrogen-bond donors (Lipinski definition) is 2. The fourth-order valence-corrected chi connectivity index (χ4v) is 2.68. The van der Waals surface area contributed by atoms with Crippen molar-refractivity contribution in [3.05, 3.63) is 42.0 Å². The third-order valence-electron chi connectivity index (χ3n) is 4.08. The zero-order chi connectivity index (χ0) is 22.1. The van der Waals surface area contributed by atoms with Crippen LogP contribution in [-0.2, 0) is 4.79 Å². The number of rotatable bonds is 10. The summed E-state index contributed by atoms with van der Waals surface area (Å²) in [5.74, 6) is 0.832. The number of nitrogens with one attached hydrogen (secondary N) is 2. The van der Waals surface area contributed by atoms with Crippen molar-refractivity contribution in [2.24, 2.45) is 5.92 Å². The van der Waals surface area contributed by atoms with Crippen molar-refractivity contribution in [2.45, 2.75) is 34.6 Å². The van der Waals surface area contributed by atoms with Gasteiger partial charge in [0.2, 0.25) is 11.7 Å². The summed E-state index contributed by atoms with van der Waals surface area (Å²) >= 11 is 0. The summed E-state index contributed by atoms with van der Waals surface area (Å²) in [5, 5.41) is 5.67. The van der Waals surface area contributed by atoms with E-state index in [0.717, 1.165) is 0 Å². The Kier molecular flexibility index (Phi) is 8.53. The predicted molar refractivity (Wildman–Crippen MR) is 118 cm³/mol. The highest BCUT2D eigenvalue weighted by molar-refractivity contribution is 6.05. The molecule has 0 bridgehead atoms. The second kappa shape index (κ2) is 11.1. The fourth-order valence-electron chi connectivity index (χ4n) is 2.68. The van der Waals surface area contributed by atoms with Crippen molar-refractivity contribution in [2.75, 3.05) is 30.5 Å². The molecule has 7 heteroatoms. The Labute approximate surface area is 177 Å². The second-order valence-corrected chi connectivity index (χ2v) is 6.78. The van der Waals surface area contributed by atoms with Crippen LogP contribution in [0.1, 0.15) is 45.0 Å². The van der Waals surface area contributed by atoms with E-state index >= 15 is 0 Å². The molecule has 2 aromatic rings. The van der Waals surface area contributed by atoms with Crippen LogP contribution < -0.4 is 24.8 Å². The number of anilines is 2. The Balaban J connectivity index is 2.29. The van der Waals surface area contributed by atoms with Gasteiger partial charge in [0.15, 0.2) is 11.5 Å². The Morgan fingerprint density at radius 2 is 1.37 bits per heavy atom. The first kappa shape index (κ1) is 23.1. The molecule has 30 heavy (non-hydrogen) atoms. The third-order valence-corrected chi connectivity index (χ3v) is 4.08. The summed E-state index contributed by atoms with van der Waals surface area (Å²) in [5.41, 5.74) is 1.55. The zero-order valence-corrected chi connectivity index (χ0v) is 18.2. The molecule has 0 unspecified atom stereocenters. The minimum atomic E-state index is -0.327. The lowest BCUT2D eigenvalue weighted by atomic mass is 10.1. The molecule has 0 aliphatic rings. The van der Waals surface area contributed by atoms with Crippen LogP contribution >= 0.6 is 0 Å². The molecular formula is C23H30N2O5. The Morgan fingerprint density at radius 3 is 1.87 bits per heavy atom. The van der Waals surface area contributed by atoms with E-state index < -0.39 is 0 Å². The maximum Gasteiger partial charge on any atom is 0.255 e. The predicted octanol–water partition coefficient (Wildman–Crippen LogP) is 4.73. The molecule has 0 heterocycles. The van der Waals surface area contributed by atoms with E-state index in [0.29, 0.717) is 54.0 Å². The van der Waals surface area contributed by atoms with Gasteiger partial charge in [-0.3, -0.25) is 9.59 Å². The van der Waals surface area contributed by atoms with E-state index in [2.05, 4.69) is 10.6 Å². The third kappa shape index (κ3) is 6.14. The van der Waals surface area contributed by atoms with E-state index in [1.807, 2.05) is 34.6 Å². The molecule has 162 valence electrons. The van der Waals surface area contributed by atoms with Crippen molar-refractivity contribution in [3.63, 3.8) is 0 Å². The van der Waals surface area contributed by atoms with E-state index in [4.69, 9.17) is 14.2 Å². The van der Waals surface area contributed by atoms with Crippen LogP contribution in [0, 0.1) is 5.92 Å². The Bertz CT molecular complexity index is 853. The van der Waals surface area contributed by atoms with Crippen LogP contribution in [-0.4, -0.2) is 31.6 Å². The summed E-state index contributed by atoms with van der Waals surface area (Å²) in [6.07, 6.45) is 0. The lowest BCUT2D eigenvalue weighted by Crippen LogP contribution is -2.18. The number of hydrogen-bond acceptors (Lipinski definition) is 5. The van der Waals surface area contributed by atoms with Gasteiger partial charge in [0.05, 0.1) is 19.8 Å². The van der Waals surface area contributed by atoms with Gasteiger partial charge in [0.25, 0.3) is 5.91 Å². The summed E-state index contributed by atoms with van der Waals surface area (Å²) < 4.78 is 17.0. The maximum atomic E-state index is 12.9. The molecule has 7 nitrogen and oxygen atoms in total. The molecule has 0 saturated heterocycles. The lowest BCUT2D eigenvalue weighted by molar-refractivity contribution is -0.118. The molecule has 2 N–H and O–H groups in total. The van der Waals surface area contributed by atoms with E-state index in [1.54, 1.807) is 36.4 Å². The van der Waals surface area contributed by atoms with Crippen LogP contribution in [0.25, 0.3) is 0 Å². The normalized spacial score (nSPS) is 10.5. The number of amides is 2. The summed E-state index contributed by atoms with van der Waals surface area (Å²) in [6, 6.07) is 10.3. The summed E-state index contributed by atoms with van der Waals surface area (Å²) in [6.45, 7) is 10.5. The van der Waals surface area contributed by atoms with Crippen molar-refractivity contribution >= 4 is 23.2 Å². The van der Waals surface area contributed by atoms with Crippen LogP contribution in [0.3, 0.4) is 0 Å². The first-order valence-electron chi connectivity index (χ1n) is 10.2. The first-order chi connectivity index (χ1) is 14.4. The van der Waals surface area contributed by atoms with Gasteiger partial charge in [-0.15, -0.1) is 0 Å². The second-order valence-electron chi connectivity index (χ2n) is 6.78. The quantitative estimate of drug-likeness (QED) is 0.587. The molecule has 0 atom stereocenters. The minimum Gasteiger partial charge on any atom is -0.490 e. The van der Waals surface area contributed by atoms with Crippen LogP contribution in [0.2, 0.25) is 0 Å². The molecule has 2 amide bonds. The van der Waals surface area contributed by atoms with Gasteiger partial charge in [-0.1, -0.05) is 19.9 Å². The summed E-state index contributed by atoms with van der Waals surface area (Å²) in [4.78, 5) is 24.8.